The van der Waals surface area contributed by atoms with Crippen molar-refractivity contribution in [3.8, 4) is 5.75 Å². The number of benzene rings is 3. The molecule has 0 spiro atoms. The lowest BCUT2D eigenvalue weighted by Crippen LogP contribution is -2.15. The minimum atomic E-state index is -4.18. The fourth-order valence-electron chi connectivity index (χ4n) is 3.44. The lowest BCUT2D eigenvalue weighted by Gasteiger charge is -2.12. The molecular weight excluding hydrogens is 458 g/mol. The van der Waals surface area contributed by atoms with Crippen LogP contribution < -0.4 is 14.9 Å². The number of fused-ring (bicyclic) bond motifs is 1. The van der Waals surface area contributed by atoms with E-state index >= 15 is 0 Å². The first kappa shape index (κ1) is 22.8. The Morgan fingerprint density at radius 2 is 1.82 bits per heavy atom. The van der Waals surface area contributed by atoms with Crippen molar-refractivity contribution in [3.05, 3.63) is 88.1 Å². The number of aromatic nitrogens is 1. The summed E-state index contributed by atoms with van der Waals surface area (Å²) in [6, 6.07) is 17.5. The molecule has 4 aromatic rings. The van der Waals surface area contributed by atoms with E-state index < -0.39 is 14.9 Å². The second-order valence-electron chi connectivity index (χ2n) is 7.35. The van der Waals surface area contributed by atoms with Gasteiger partial charge < -0.3 is 9.72 Å². The Morgan fingerprint density at radius 3 is 2.53 bits per heavy atom. The number of rotatable bonds is 8. The molecule has 1 heterocycles. The number of non-ortho nitro benzene ring substituents is 1. The van der Waals surface area contributed by atoms with Gasteiger partial charge in [0.2, 0.25) is 0 Å². The normalized spacial score (nSPS) is 11.6. The highest BCUT2D eigenvalue weighted by Gasteiger charge is 2.23. The number of H-pyrrole nitrogens is 1. The van der Waals surface area contributed by atoms with E-state index in [1.807, 2.05) is 31.2 Å². The number of anilines is 2. The van der Waals surface area contributed by atoms with Crippen molar-refractivity contribution < 1.29 is 18.1 Å². The lowest BCUT2D eigenvalue weighted by atomic mass is 10.1. The highest BCUT2D eigenvalue weighted by molar-refractivity contribution is 7.92. The molecule has 1 aromatic heterocycles. The smallest absolute Gasteiger partial charge is 0.270 e. The Kier molecular flexibility index (Phi) is 6.19. The molecule has 10 nitrogen and oxygen atoms in total. The highest BCUT2D eigenvalue weighted by atomic mass is 32.2. The van der Waals surface area contributed by atoms with E-state index in [1.54, 1.807) is 18.3 Å². The van der Waals surface area contributed by atoms with E-state index in [9.17, 15) is 18.5 Å². The van der Waals surface area contributed by atoms with Gasteiger partial charge in [0.05, 0.1) is 23.9 Å². The van der Waals surface area contributed by atoms with Gasteiger partial charge in [-0.1, -0.05) is 18.2 Å². The molecule has 0 radical (unpaired) electrons. The van der Waals surface area contributed by atoms with Crippen molar-refractivity contribution in [3.63, 3.8) is 0 Å². The summed E-state index contributed by atoms with van der Waals surface area (Å²) in [7, 11) is -2.69. The quantitative estimate of drug-likeness (QED) is 0.191. The number of sulfonamides is 1. The summed E-state index contributed by atoms with van der Waals surface area (Å²) in [6.45, 7) is 1.90. The first-order valence-electron chi connectivity index (χ1n) is 10.1. The molecule has 0 bridgehead atoms. The average Bonchev–Trinajstić information content (AvgIpc) is 3.14. The van der Waals surface area contributed by atoms with Crippen molar-refractivity contribution >= 4 is 44.2 Å². The van der Waals surface area contributed by atoms with Crippen molar-refractivity contribution in [2.45, 2.75) is 11.8 Å². The summed E-state index contributed by atoms with van der Waals surface area (Å²) in [5, 5.41) is 16.4. The van der Waals surface area contributed by atoms with Gasteiger partial charge in [0.1, 0.15) is 10.6 Å². The number of para-hydroxylation sites is 1. The van der Waals surface area contributed by atoms with Crippen LogP contribution in [0.3, 0.4) is 0 Å². The number of nitro benzene ring substituents is 1. The molecule has 4 rings (SSSR count). The predicted octanol–water partition coefficient (Wildman–Crippen LogP) is 4.64. The van der Waals surface area contributed by atoms with Crippen LogP contribution in [-0.2, 0) is 10.0 Å². The van der Waals surface area contributed by atoms with E-state index in [0.29, 0.717) is 5.75 Å². The van der Waals surface area contributed by atoms with E-state index in [0.717, 1.165) is 28.2 Å². The van der Waals surface area contributed by atoms with Crippen LogP contribution in [0.1, 0.15) is 11.3 Å². The van der Waals surface area contributed by atoms with Crippen molar-refractivity contribution in [2.24, 2.45) is 5.10 Å². The maximum Gasteiger partial charge on any atom is 0.270 e. The molecular formula is C23H21N5O5S. The SMILES string of the molecule is COc1ccc(NS(=O)(=O)c2cc([N+](=O)[O-])ccc2N/N=C/c2c(C)[nH]c3ccccc23)cc1. The molecule has 174 valence electrons. The van der Waals surface area contributed by atoms with Gasteiger partial charge in [-0.3, -0.25) is 20.3 Å². The zero-order chi connectivity index (χ0) is 24.3. The van der Waals surface area contributed by atoms with Gasteiger partial charge in [-0.25, -0.2) is 8.42 Å². The zero-order valence-electron chi connectivity index (χ0n) is 18.3. The molecule has 0 aliphatic carbocycles. The minimum absolute atomic E-state index is 0.0837. The van der Waals surface area contributed by atoms with E-state index in [1.165, 1.54) is 31.4 Å². The summed E-state index contributed by atoms with van der Waals surface area (Å²) in [4.78, 5) is 13.6. The molecule has 0 saturated heterocycles. The van der Waals surface area contributed by atoms with Gasteiger partial charge in [-0.05, 0) is 43.3 Å². The third-order valence-corrected chi connectivity index (χ3v) is 6.55. The molecule has 0 amide bonds. The van der Waals surface area contributed by atoms with Gasteiger partial charge in [0.15, 0.2) is 0 Å². The number of hydrogen-bond acceptors (Lipinski definition) is 7. The Hall–Kier alpha value is -4.38. The first-order valence-corrected chi connectivity index (χ1v) is 11.6. The largest absolute Gasteiger partial charge is 0.497 e. The highest BCUT2D eigenvalue weighted by Crippen LogP contribution is 2.29. The molecule has 0 unspecified atom stereocenters. The fourth-order valence-corrected chi connectivity index (χ4v) is 4.67. The number of nitrogens with one attached hydrogen (secondary N) is 3. The van der Waals surface area contributed by atoms with Crippen LogP contribution in [-0.4, -0.2) is 31.6 Å². The van der Waals surface area contributed by atoms with Gasteiger partial charge in [-0.2, -0.15) is 5.10 Å². The van der Waals surface area contributed by atoms with Crippen LogP contribution in [0.25, 0.3) is 10.9 Å². The van der Waals surface area contributed by atoms with Crippen LogP contribution >= 0.6 is 0 Å². The molecule has 0 aliphatic heterocycles. The lowest BCUT2D eigenvalue weighted by molar-refractivity contribution is -0.385. The third kappa shape index (κ3) is 4.69. The Morgan fingerprint density at radius 1 is 1.09 bits per heavy atom. The molecule has 0 atom stereocenters. The van der Waals surface area contributed by atoms with Crippen LogP contribution in [0.15, 0.2) is 76.7 Å². The minimum Gasteiger partial charge on any atom is -0.497 e. The Bertz CT molecular complexity index is 1490. The van der Waals surface area contributed by atoms with Crippen LogP contribution in [0, 0.1) is 17.0 Å². The summed E-state index contributed by atoms with van der Waals surface area (Å²) in [5.41, 5.74) is 5.39. The summed E-state index contributed by atoms with van der Waals surface area (Å²) in [5.74, 6) is 0.558. The number of aryl methyl sites for hydroxylation is 1. The number of aromatic amines is 1. The number of nitro groups is 1. The molecule has 34 heavy (non-hydrogen) atoms. The maximum atomic E-state index is 13.1. The predicted molar refractivity (Wildman–Crippen MR) is 131 cm³/mol. The van der Waals surface area contributed by atoms with Gasteiger partial charge in [0.25, 0.3) is 15.7 Å². The Balaban J connectivity index is 1.66. The number of hydrazone groups is 1. The molecule has 0 fully saturated rings. The number of hydrogen-bond donors (Lipinski definition) is 3. The summed E-state index contributed by atoms with van der Waals surface area (Å²) < 4.78 is 33.7. The first-order chi connectivity index (χ1) is 16.3. The summed E-state index contributed by atoms with van der Waals surface area (Å²) >= 11 is 0. The fraction of sp³-hybridized carbons (Fsp3) is 0.0870. The van der Waals surface area contributed by atoms with E-state index in [4.69, 9.17) is 4.74 Å². The number of nitrogens with zero attached hydrogens (tertiary/aromatic N) is 2. The third-order valence-electron chi connectivity index (χ3n) is 5.13. The van der Waals surface area contributed by atoms with Gasteiger partial charge >= 0.3 is 0 Å². The molecule has 11 heteroatoms. The second-order valence-corrected chi connectivity index (χ2v) is 9.00. The second kappa shape index (κ2) is 9.24. The molecule has 3 N–H and O–H groups in total. The van der Waals surface area contributed by atoms with E-state index in [-0.39, 0.29) is 22.0 Å². The average molecular weight is 480 g/mol. The topological polar surface area (TPSA) is 139 Å². The standard InChI is InChI=1S/C23H21N5O5S/c1-15-20(19-5-3-4-6-21(19)25-15)14-24-26-22-12-9-17(28(29)30)13-23(22)34(31,32)27-16-7-10-18(33-2)11-8-16/h3-14,25-27H,1-2H3/b24-14+. The van der Waals surface area contributed by atoms with E-state index in [2.05, 4.69) is 20.2 Å². The number of ether oxygens (including phenoxy) is 1. The van der Waals surface area contributed by atoms with Gasteiger partial charge in [-0.15, -0.1) is 0 Å². The van der Waals surface area contributed by atoms with Crippen molar-refractivity contribution in [2.75, 3.05) is 17.3 Å². The van der Waals surface area contributed by atoms with Crippen LogP contribution in [0.5, 0.6) is 5.75 Å². The molecule has 3 aromatic carbocycles. The Labute approximate surface area is 195 Å². The number of methoxy groups -OCH3 is 1. The molecule has 0 saturated carbocycles. The summed E-state index contributed by atoms with van der Waals surface area (Å²) in [6.07, 6.45) is 1.57. The van der Waals surface area contributed by atoms with Crippen molar-refractivity contribution in [1.82, 2.24) is 4.98 Å². The van der Waals surface area contributed by atoms with Gasteiger partial charge in [0, 0.05) is 40.0 Å². The maximum absolute atomic E-state index is 13.1. The van der Waals surface area contributed by atoms with Crippen LogP contribution in [0.4, 0.5) is 17.1 Å². The van der Waals surface area contributed by atoms with Crippen LogP contribution in [0.2, 0.25) is 0 Å². The van der Waals surface area contributed by atoms with Crippen molar-refractivity contribution in [1.29, 1.82) is 0 Å². The molecule has 0 aliphatic rings. The zero-order valence-corrected chi connectivity index (χ0v) is 19.1. The monoisotopic (exact) mass is 479 g/mol.